The minimum Gasteiger partial charge on any atom is -0.348 e. The zero-order chi connectivity index (χ0) is 15.4. The van der Waals surface area contributed by atoms with Gasteiger partial charge < -0.3 is 5.32 Å². The van der Waals surface area contributed by atoms with Gasteiger partial charge in [0, 0.05) is 29.2 Å². The molecule has 0 aliphatic carbocycles. The first-order valence-electron chi connectivity index (χ1n) is 7.06. The number of aromatic nitrogens is 1. The quantitative estimate of drug-likeness (QED) is 0.790. The molecule has 3 aromatic rings. The molecule has 0 fully saturated rings. The topological polar surface area (TPSA) is 42.0 Å². The second-order valence-corrected chi connectivity index (χ2v) is 5.98. The molecule has 0 saturated carbocycles. The van der Waals surface area contributed by atoms with Crippen molar-refractivity contribution in [2.24, 2.45) is 0 Å². The standard InChI is InChI=1S/C18H16N2OS/c1-13-5-7-15(8-6-13)17(21)20-12-14-3-2-4-16(11-14)18-19-9-10-22-18/h2-11H,12H2,1H3,(H,20,21). The van der Waals surface area contributed by atoms with Gasteiger partial charge >= 0.3 is 0 Å². The van der Waals surface area contributed by atoms with Gasteiger partial charge in [0.25, 0.3) is 5.91 Å². The van der Waals surface area contributed by atoms with Crippen LogP contribution in [0.4, 0.5) is 0 Å². The van der Waals surface area contributed by atoms with Gasteiger partial charge in [0.1, 0.15) is 5.01 Å². The van der Waals surface area contributed by atoms with Crippen LogP contribution in [0.2, 0.25) is 0 Å². The Bertz CT molecular complexity index is 764. The van der Waals surface area contributed by atoms with E-state index >= 15 is 0 Å². The maximum Gasteiger partial charge on any atom is 0.251 e. The number of nitrogens with zero attached hydrogens (tertiary/aromatic N) is 1. The first kappa shape index (κ1) is 14.5. The van der Waals surface area contributed by atoms with Gasteiger partial charge in [-0.2, -0.15) is 0 Å². The van der Waals surface area contributed by atoms with Crippen LogP contribution in [0.3, 0.4) is 0 Å². The number of rotatable bonds is 4. The Morgan fingerprint density at radius 2 is 2.00 bits per heavy atom. The minimum atomic E-state index is -0.0559. The van der Waals surface area contributed by atoms with Crippen LogP contribution in [0.5, 0.6) is 0 Å². The molecule has 0 spiro atoms. The normalized spacial score (nSPS) is 10.4. The number of benzene rings is 2. The molecular formula is C18H16N2OS. The Morgan fingerprint density at radius 1 is 1.18 bits per heavy atom. The van der Waals surface area contributed by atoms with E-state index in [0.717, 1.165) is 21.7 Å². The third kappa shape index (κ3) is 3.40. The number of amides is 1. The zero-order valence-electron chi connectivity index (χ0n) is 12.2. The monoisotopic (exact) mass is 308 g/mol. The van der Waals surface area contributed by atoms with Crippen LogP contribution in [0.25, 0.3) is 10.6 Å². The van der Waals surface area contributed by atoms with Crippen LogP contribution >= 0.6 is 11.3 Å². The smallest absolute Gasteiger partial charge is 0.251 e. The molecule has 22 heavy (non-hydrogen) atoms. The highest BCUT2D eigenvalue weighted by molar-refractivity contribution is 7.13. The van der Waals surface area contributed by atoms with Crippen molar-refractivity contribution in [3.05, 3.63) is 76.8 Å². The van der Waals surface area contributed by atoms with Crippen LogP contribution in [0.1, 0.15) is 21.5 Å². The molecule has 0 radical (unpaired) electrons. The molecule has 4 heteroatoms. The second kappa shape index (κ2) is 6.54. The van der Waals surface area contributed by atoms with Crippen molar-refractivity contribution in [2.75, 3.05) is 0 Å². The van der Waals surface area contributed by atoms with Crippen molar-refractivity contribution in [1.82, 2.24) is 10.3 Å². The Balaban J connectivity index is 1.67. The molecule has 1 heterocycles. The van der Waals surface area contributed by atoms with E-state index in [1.165, 1.54) is 0 Å². The van der Waals surface area contributed by atoms with Crippen molar-refractivity contribution in [3.63, 3.8) is 0 Å². The average Bonchev–Trinajstić information content (AvgIpc) is 3.08. The van der Waals surface area contributed by atoms with Crippen molar-refractivity contribution in [2.45, 2.75) is 13.5 Å². The van der Waals surface area contributed by atoms with Gasteiger partial charge in [0.2, 0.25) is 0 Å². The van der Waals surface area contributed by atoms with E-state index in [4.69, 9.17) is 0 Å². The third-order valence-electron chi connectivity index (χ3n) is 3.37. The lowest BCUT2D eigenvalue weighted by Crippen LogP contribution is -2.22. The van der Waals surface area contributed by atoms with Crippen LogP contribution < -0.4 is 5.32 Å². The van der Waals surface area contributed by atoms with E-state index in [0.29, 0.717) is 12.1 Å². The summed E-state index contributed by atoms with van der Waals surface area (Å²) in [5.41, 5.74) is 3.97. The fourth-order valence-electron chi connectivity index (χ4n) is 2.17. The van der Waals surface area contributed by atoms with E-state index in [2.05, 4.69) is 16.4 Å². The summed E-state index contributed by atoms with van der Waals surface area (Å²) in [5.74, 6) is -0.0559. The number of carbonyl (C=O) groups is 1. The van der Waals surface area contributed by atoms with E-state index in [1.807, 2.05) is 54.8 Å². The predicted octanol–water partition coefficient (Wildman–Crippen LogP) is 4.05. The summed E-state index contributed by atoms with van der Waals surface area (Å²) in [6.07, 6.45) is 1.80. The zero-order valence-corrected chi connectivity index (χ0v) is 13.1. The Labute approximate surface area is 133 Å². The summed E-state index contributed by atoms with van der Waals surface area (Å²) >= 11 is 1.61. The van der Waals surface area contributed by atoms with Gasteiger partial charge in [-0.15, -0.1) is 11.3 Å². The minimum absolute atomic E-state index is 0.0559. The second-order valence-electron chi connectivity index (χ2n) is 5.09. The number of hydrogen-bond acceptors (Lipinski definition) is 3. The molecule has 1 N–H and O–H groups in total. The van der Waals surface area contributed by atoms with Crippen molar-refractivity contribution in [1.29, 1.82) is 0 Å². The number of nitrogens with one attached hydrogen (secondary N) is 1. The van der Waals surface area contributed by atoms with E-state index < -0.39 is 0 Å². The summed E-state index contributed by atoms with van der Waals surface area (Å²) < 4.78 is 0. The van der Waals surface area contributed by atoms with Gasteiger partial charge in [-0.3, -0.25) is 4.79 Å². The third-order valence-corrected chi connectivity index (χ3v) is 4.20. The molecule has 0 unspecified atom stereocenters. The molecule has 0 saturated heterocycles. The lowest BCUT2D eigenvalue weighted by atomic mass is 10.1. The largest absolute Gasteiger partial charge is 0.348 e. The molecule has 2 aromatic carbocycles. The van der Waals surface area contributed by atoms with Crippen LogP contribution in [-0.4, -0.2) is 10.9 Å². The Kier molecular flexibility index (Phi) is 4.30. The van der Waals surface area contributed by atoms with Gasteiger partial charge in [0.05, 0.1) is 0 Å². The highest BCUT2D eigenvalue weighted by Crippen LogP contribution is 2.22. The van der Waals surface area contributed by atoms with Crippen LogP contribution in [-0.2, 0) is 6.54 Å². The fraction of sp³-hybridized carbons (Fsp3) is 0.111. The Hall–Kier alpha value is -2.46. The van der Waals surface area contributed by atoms with E-state index in [-0.39, 0.29) is 5.91 Å². The summed E-state index contributed by atoms with van der Waals surface area (Å²) in [5, 5.41) is 5.90. The highest BCUT2D eigenvalue weighted by atomic mass is 32.1. The SMILES string of the molecule is Cc1ccc(C(=O)NCc2cccc(-c3nccs3)c2)cc1. The molecule has 0 bridgehead atoms. The predicted molar refractivity (Wildman–Crippen MR) is 89.9 cm³/mol. The average molecular weight is 308 g/mol. The maximum atomic E-state index is 12.1. The number of hydrogen-bond donors (Lipinski definition) is 1. The van der Waals surface area contributed by atoms with Gasteiger partial charge in [-0.05, 0) is 30.7 Å². The van der Waals surface area contributed by atoms with Gasteiger partial charge in [0.15, 0.2) is 0 Å². The van der Waals surface area contributed by atoms with Crippen molar-refractivity contribution >= 4 is 17.2 Å². The Morgan fingerprint density at radius 3 is 2.73 bits per heavy atom. The molecule has 1 aromatic heterocycles. The molecule has 0 aliphatic heterocycles. The maximum absolute atomic E-state index is 12.1. The van der Waals surface area contributed by atoms with Crippen molar-refractivity contribution in [3.8, 4) is 10.6 Å². The summed E-state index contributed by atoms with van der Waals surface area (Å²) in [6, 6.07) is 15.7. The van der Waals surface area contributed by atoms with Crippen LogP contribution in [0.15, 0.2) is 60.1 Å². The highest BCUT2D eigenvalue weighted by Gasteiger charge is 2.06. The summed E-state index contributed by atoms with van der Waals surface area (Å²) in [4.78, 5) is 16.4. The van der Waals surface area contributed by atoms with E-state index in [1.54, 1.807) is 17.5 Å². The molecule has 0 atom stereocenters. The molecule has 0 aliphatic rings. The molecule has 3 rings (SSSR count). The lowest BCUT2D eigenvalue weighted by molar-refractivity contribution is 0.0951. The van der Waals surface area contributed by atoms with Gasteiger partial charge in [-0.1, -0.05) is 35.9 Å². The molecule has 110 valence electrons. The fourth-order valence-corrected chi connectivity index (χ4v) is 2.81. The van der Waals surface area contributed by atoms with Crippen molar-refractivity contribution < 1.29 is 4.79 Å². The summed E-state index contributed by atoms with van der Waals surface area (Å²) in [7, 11) is 0. The first-order valence-corrected chi connectivity index (χ1v) is 7.94. The number of aryl methyl sites for hydroxylation is 1. The first-order chi connectivity index (χ1) is 10.7. The molecule has 1 amide bonds. The number of thiazole rings is 1. The van der Waals surface area contributed by atoms with E-state index in [9.17, 15) is 4.79 Å². The van der Waals surface area contributed by atoms with Crippen LogP contribution in [0, 0.1) is 6.92 Å². The summed E-state index contributed by atoms with van der Waals surface area (Å²) in [6.45, 7) is 2.51. The number of carbonyl (C=O) groups excluding carboxylic acids is 1. The lowest BCUT2D eigenvalue weighted by Gasteiger charge is -2.07. The van der Waals surface area contributed by atoms with Gasteiger partial charge in [-0.25, -0.2) is 4.98 Å². The molecule has 3 nitrogen and oxygen atoms in total. The molecular weight excluding hydrogens is 292 g/mol.